The lowest BCUT2D eigenvalue weighted by Gasteiger charge is -2.09. The lowest BCUT2D eigenvalue weighted by molar-refractivity contribution is 0.102. The van der Waals surface area contributed by atoms with Crippen LogP contribution in [0.2, 0.25) is 0 Å². The molecule has 0 radical (unpaired) electrons. The van der Waals surface area contributed by atoms with Gasteiger partial charge >= 0.3 is 0 Å². The van der Waals surface area contributed by atoms with Crippen LogP contribution in [-0.2, 0) is 22.9 Å². The van der Waals surface area contributed by atoms with Crippen molar-refractivity contribution in [3.63, 3.8) is 0 Å². The van der Waals surface area contributed by atoms with Gasteiger partial charge < -0.3 is 0 Å². The van der Waals surface area contributed by atoms with Crippen LogP contribution in [-0.4, -0.2) is 19.3 Å². The summed E-state index contributed by atoms with van der Waals surface area (Å²) in [6, 6.07) is 12.9. The summed E-state index contributed by atoms with van der Waals surface area (Å²) >= 11 is 1.52. The Morgan fingerprint density at radius 2 is 1.75 bits per heavy atom. The Kier molecular flexibility index (Phi) is 4.91. The minimum absolute atomic E-state index is 0.191. The number of aryl methyl sites for hydroxylation is 3. The zero-order valence-corrected chi connectivity index (χ0v) is 16.9. The van der Waals surface area contributed by atoms with Crippen LogP contribution in [0, 0.1) is 6.92 Å². The highest BCUT2D eigenvalue weighted by Gasteiger charge is 2.18. The van der Waals surface area contributed by atoms with Crippen molar-refractivity contribution in [2.75, 3.05) is 10.0 Å². The van der Waals surface area contributed by atoms with Gasteiger partial charge in [-0.1, -0.05) is 17.7 Å². The molecule has 1 heterocycles. The number of hydrogen-bond acceptors (Lipinski definition) is 5. The number of nitrogens with zero attached hydrogens (tertiary/aromatic N) is 1. The lowest BCUT2D eigenvalue weighted by atomic mass is 10.2. The minimum Gasteiger partial charge on any atom is -0.298 e. The molecule has 1 amide bonds. The van der Waals surface area contributed by atoms with Crippen molar-refractivity contribution in [1.29, 1.82) is 0 Å². The van der Waals surface area contributed by atoms with Gasteiger partial charge in [0.05, 0.1) is 10.6 Å². The van der Waals surface area contributed by atoms with Gasteiger partial charge in [0.15, 0.2) is 5.13 Å². The van der Waals surface area contributed by atoms with Crippen molar-refractivity contribution in [2.45, 2.75) is 31.1 Å². The summed E-state index contributed by atoms with van der Waals surface area (Å²) < 4.78 is 27.4. The first kappa shape index (κ1) is 18.6. The monoisotopic (exact) mass is 413 g/mol. The van der Waals surface area contributed by atoms with Crippen LogP contribution < -0.4 is 10.0 Å². The molecule has 0 atom stereocenters. The summed E-state index contributed by atoms with van der Waals surface area (Å²) in [7, 11) is -3.67. The summed E-state index contributed by atoms with van der Waals surface area (Å²) in [5.74, 6) is -0.264. The molecule has 0 fully saturated rings. The molecule has 144 valence electrons. The number of thiazole rings is 1. The second kappa shape index (κ2) is 7.37. The van der Waals surface area contributed by atoms with Crippen LogP contribution >= 0.6 is 11.3 Å². The fourth-order valence-electron chi connectivity index (χ4n) is 3.03. The van der Waals surface area contributed by atoms with Gasteiger partial charge in [0.25, 0.3) is 15.9 Å². The highest BCUT2D eigenvalue weighted by atomic mass is 32.2. The molecule has 6 nitrogen and oxygen atoms in total. The van der Waals surface area contributed by atoms with Gasteiger partial charge in [0.1, 0.15) is 0 Å². The van der Waals surface area contributed by atoms with Crippen LogP contribution in [0.3, 0.4) is 0 Å². The van der Waals surface area contributed by atoms with E-state index in [-0.39, 0.29) is 10.8 Å². The third-order valence-electron chi connectivity index (χ3n) is 4.55. The van der Waals surface area contributed by atoms with Gasteiger partial charge in [-0.2, -0.15) is 0 Å². The first-order chi connectivity index (χ1) is 13.4. The van der Waals surface area contributed by atoms with E-state index in [2.05, 4.69) is 15.0 Å². The highest BCUT2D eigenvalue weighted by molar-refractivity contribution is 7.92. The standard InChI is InChI=1S/C20H19N3O3S2/c1-13-5-11-16(12-6-13)28(25,26)23-15-9-7-14(8-10-15)19(24)22-20-21-17-3-2-4-18(17)27-20/h5-12,23H,2-4H2,1H3,(H,21,22,24). The van der Waals surface area contributed by atoms with Crippen molar-refractivity contribution in [2.24, 2.45) is 0 Å². The van der Waals surface area contributed by atoms with Crippen LogP contribution in [0.5, 0.6) is 0 Å². The molecule has 0 saturated heterocycles. The van der Waals surface area contributed by atoms with Gasteiger partial charge in [-0.05, 0) is 62.6 Å². The van der Waals surface area contributed by atoms with Crippen LogP contribution in [0.25, 0.3) is 0 Å². The van der Waals surface area contributed by atoms with Crippen molar-refractivity contribution in [3.05, 3.63) is 70.2 Å². The molecular formula is C20H19N3O3S2. The minimum atomic E-state index is -3.67. The molecule has 0 saturated carbocycles. The molecule has 1 aliphatic rings. The topological polar surface area (TPSA) is 88.2 Å². The first-order valence-corrected chi connectivity index (χ1v) is 11.2. The molecule has 0 spiro atoms. The van der Waals surface area contributed by atoms with Crippen LogP contribution in [0.15, 0.2) is 53.4 Å². The maximum Gasteiger partial charge on any atom is 0.261 e. The second-order valence-corrected chi connectivity index (χ2v) is 9.46. The van der Waals surface area contributed by atoms with E-state index in [9.17, 15) is 13.2 Å². The number of amides is 1. The lowest BCUT2D eigenvalue weighted by Crippen LogP contribution is -2.14. The van der Waals surface area contributed by atoms with E-state index in [0.29, 0.717) is 16.4 Å². The zero-order chi connectivity index (χ0) is 19.7. The van der Waals surface area contributed by atoms with Gasteiger partial charge in [-0.3, -0.25) is 14.8 Å². The molecule has 28 heavy (non-hydrogen) atoms. The molecule has 2 aromatic carbocycles. The highest BCUT2D eigenvalue weighted by Crippen LogP contribution is 2.30. The Labute approximate surface area is 167 Å². The SMILES string of the molecule is Cc1ccc(S(=O)(=O)Nc2ccc(C(=O)Nc3nc4c(s3)CCC4)cc2)cc1. The second-order valence-electron chi connectivity index (χ2n) is 6.69. The molecule has 0 unspecified atom stereocenters. The summed E-state index contributed by atoms with van der Waals surface area (Å²) in [6.07, 6.45) is 3.12. The Hall–Kier alpha value is -2.71. The third-order valence-corrected chi connectivity index (χ3v) is 7.02. The first-order valence-electron chi connectivity index (χ1n) is 8.90. The van der Waals surface area contributed by atoms with Crippen LogP contribution in [0.4, 0.5) is 10.8 Å². The number of rotatable bonds is 5. The maximum absolute atomic E-state index is 12.4. The molecule has 8 heteroatoms. The quantitative estimate of drug-likeness (QED) is 0.662. The predicted molar refractivity (Wildman–Crippen MR) is 111 cm³/mol. The number of sulfonamides is 1. The number of aromatic nitrogens is 1. The number of anilines is 2. The molecule has 1 aromatic heterocycles. The molecule has 2 N–H and O–H groups in total. The fraction of sp³-hybridized carbons (Fsp3) is 0.200. The van der Waals surface area contributed by atoms with Gasteiger partial charge in [0, 0.05) is 16.1 Å². The van der Waals surface area contributed by atoms with E-state index in [1.54, 1.807) is 48.5 Å². The summed E-state index contributed by atoms with van der Waals surface area (Å²) in [4.78, 5) is 18.3. The largest absolute Gasteiger partial charge is 0.298 e. The van der Waals surface area contributed by atoms with Gasteiger partial charge in [-0.25, -0.2) is 13.4 Å². The molecular weight excluding hydrogens is 394 g/mol. The summed E-state index contributed by atoms with van der Waals surface area (Å²) in [6.45, 7) is 1.90. The number of fused-ring (bicyclic) bond motifs is 1. The molecule has 0 bridgehead atoms. The van der Waals surface area contributed by atoms with Crippen molar-refractivity contribution in [3.8, 4) is 0 Å². The Morgan fingerprint density at radius 3 is 2.43 bits per heavy atom. The summed E-state index contributed by atoms with van der Waals surface area (Å²) in [5.41, 5.74) is 2.90. The number of carbonyl (C=O) groups is 1. The van der Waals surface area contributed by atoms with E-state index in [1.165, 1.54) is 16.2 Å². The maximum atomic E-state index is 12.4. The smallest absolute Gasteiger partial charge is 0.261 e. The number of benzene rings is 2. The van der Waals surface area contributed by atoms with E-state index < -0.39 is 10.0 Å². The molecule has 1 aliphatic carbocycles. The average Bonchev–Trinajstić information content (AvgIpc) is 3.24. The Bertz CT molecular complexity index is 1100. The average molecular weight is 414 g/mol. The number of carbonyl (C=O) groups excluding carboxylic acids is 1. The zero-order valence-electron chi connectivity index (χ0n) is 15.2. The third kappa shape index (κ3) is 3.93. The van der Waals surface area contributed by atoms with Crippen molar-refractivity contribution < 1.29 is 13.2 Å². The fourth-order valence-corrected chi connectivity index (χ4v) is 5.14. The predicted octanol–water partition coefficient (Wildman–Crippen LogP) is 3.99. The van der Waals surface area contributed by atoms with Crippen LogP contribution in [0.1, 0.15) is 32.9 Å². The molecule has 3 aromatic rings. The summed E-state index contributed by atoms with van der Waals surface area (Å²) in [5, 5.41) is 3.43. The Morgan fingerprint density at radius 1 is 1.04 bits per heavy atom. The number of hydrogen-bond donors (Lipinski definition) is 2. The van der Waals surface area contributed by atoms with Crippen molar-refractivity contribution >= 4 is 38.1 Å². The van der Waals surface area contributed by atoms with E-state index in [1.807, 2.05) is 6.92 Å². The Balaban J connectivity index is 1.44. The van der Waals surface area contributed by atoms with E-state index in [4.69, 9.17) is 0 Å². The normalized spacial score (nSPS) is 13.2. The van der Waals surface area contributed by atoms with Gasteiger partial charge in [-0.15, -0.1) is 11.3 Å². The number of nitrogens with one attached hydrogen (secondary N) is 2. The van der Waals surface area contributed by atoms with E-state index in [0.717, 1.165) is 30.5 Å². The van der Waals surface area contributed by atoms with Crippen molar-refractivity contribution in [1.82, 2.24) is 4.98 Å². The molecule has 0 aliphatic heterocycles. The van der Waals surface area contributed by atoms with E-state index >= 15 is 0 Å². The molecule has 4 rings (SSSR count). The van der Waals surface area contributed by atoms with Gasteiger partial charge in [0.2, 0.25) is 0 Å².